The topological polar surface area (TPSA) is 85.9 Å². The van der Waals surface area contributed by atoms with Gasteiger partial charge < -0.3 is 5.73 Å². The van der Waals surface area contributed by atoms with Gasteiger partial charge in [0.05, 0.1) is 17.2 Å². The van der Waals surface area contributed by atoms with Gasteiger partial charge in [-0.3, -0.25) is 0 Å². The van der Waals surface area contributed by atoms with Gasteiger partial charge in [-0.15, -0.1) is 0 Å². The molecule has 0 fully saturated rings. The van der Waals surface area contributed by atoms with E-state index in [1.165, 1.54) is 0 Å². The summed E-state index contributed by atoms with van der Waals surface area (Å²) in [5, 5.41) is 0.0700. The fourth-order valence-electron chi connectivity index (χ4n) is 1.43. The van der Waals surface area contributed by atoms with Crippen LogP contribution < -0.4 is 5.73 Å². The predicted molar refractivity (Wildman–Crippen MR) is 52.6 cm³/mol. The average Bonchev–Trinajstić information content (AvgIpc) is 2.06. The molecule has 2 rings (SSSR count). The first-order chi connectivity index (χ1) is 6.48. The number of hydrogen-bond donors (Lipinski definition) is 1. The summed E-state index contributed by atoms with van der Waals surface area (Å²) in [7, 11) is -3.03. The van der Waals surface area contributed by atoms with E-state index >= 15 is 0 Å². The fraction of sp³-hybridized carbons (Fsp3) is 0.429. The summed E-state index contributed by atoms with van der Waals surface area (Å²) in [6, 6.07) is 0. The number of aromatic nitrogens is 2. The van der Waals surface area contributed by atoms with Gasteiger partial charge in [0.2, 0.25) is 5.28 Å². The molecular weight excluding hydrogens is 226 g/mol. The number of fused-ring (bicyclic) bond motifs is 1. The van der Waals surface area contributed by atoms with Crippen molar-refractivity contribution in [3.63, 3.8) is 0 Å². The molecule has 0 aliphatic carbocycles. The van der Waals surface area contributed by atoms with E-state index in [4.69, 9.17) is 17.3 Å². The Labute approximate surface area is 86.2 Å². The number of nitrogen functional groups attached to an aromatic ring is 1. The van der Waals surface area contributed by atoms with E-state index in [0.717, 1.165) is 0 Å². The van der Waals surface area contributed by atoms with Crippen molar-refractivity contribution < 1.29 is 8.42 Å². The highest BCUT2D eigenvalue weighted by Crippen LogP contribution is 2.24. The van der Waals surface area contributed by atoms with Gasteiger partial charge in [-0.1, -0.05) is 0 Å². The van der Waals surface area contributed by atoms with Crippen molar-refractivity contribution in [1.29, 1.82) is 0 Å². The molecule has 0 bridgehead atoms. The Kier molecular flexibility index (Phi) is 2.11. The maximum absolute atomic E-state index is 11.3. The molecular formula is C7H8ClN3O2S. The number of hydrogen-bond acceptors (Lipinski definition) is 5. The van der Waals surface area contributed by atoms with Crippen molar-refractivity contribution in [3.8, 4) is 0 Å². The first-order valence-corrected chi connectivity index (χ1v) is 6.19. The summed E-state index contributed by atoms with van der Waals surface area (Å²) in [5.74, 6) is 0.196. The Morgan fingerprint density at radius 3 is 2.79 bits per heavy atom. The zero-order valence-corrected chi connectivity index (χ0v) is 8.77. The van der Waals surface area contributed by atoms with Crippen molar-refractivity contribution in [2.45, 2.75) is 12.2 Å². The van der Waals surface area contributed by atoms with Crippen LogP contribution in [-0.4, -0.2) is 24.1 Å². The Hall–Kier alpha value is -0.880. The highest BCUT2D eigenvalue weighted by Gasteiger charge is 2.25. The van der Waals surface area contributed by atoms with Gasteiger partial charge in [-0.05, 0) is 11.6 Å². The van der Waals surface area contributed by atoms with Gasteiger partial charge >= 0.3 is 0 Å². The molecule has 0 atom stereocenters. The lowest BCUT2D eigenvalue weighted by molar-refractivity contribution is 0.590. The molecule has 5 nitrogen and oxygen atoms in total. The number of sulfone groups is 1. The Morgan fingerprint density at radius 2 is 2.07 bits per heavy atom. The van der Waals surface area contributed by atoms with Crippen LogP contribution in [0.5, 0.6) is 0 Å². The van der Waals surface area contributed by atoms with Gasteiger partial charge in [-0.25, -0.2) is 18.4 Å². The van der Waals surface area contributed by atoms with Crippen molar-refractivity contribution in [3.05, 3.63) is 16.5 Å². The number of aryl methyl sites for hydroxylation is 1. The van der Waals surface area contributed by atoms with E-state index < -0.39 is 9.84 Å². The second-order valence-corrected chi connectivity index (χ2v) is 5.67. The Bertz CT molecular complexity index is 486. The second kappa shape index (κ2) is 3.06. The van der Waals surface area contributed by atoms with E-state index in [9.17, 15) is 8.42 Å². The van der Waals surface area contributed by atoms with E-state index in [-0.39, 0.29) is 22.6 Å². The maximum Gasteiger partial charge on any atom is 0.224 e. The van der Waals surface area contributed by atoms with E-state index in [1.807, 2.05) is 0 Å². The summed E-state index contributed by atoms with van der Waals surface area (Å²) in [6.07, 6.45) is 0.365. The SMILES string of the molecule is Nc1nc(Cl)nc2c1CS(=O)(=O)CC2. The van der Waals surface area contributed by atoms with E-state index in [0.29, 0.717) is 17.7 Å². The Balaban J connectivity index is 2.58. The monoisotopic (exact) mass is 233 g/mol. The number of nitrogens with two attached hydrogens (primary N) is 1. The first kappa shape index (κ1) is 9.67. The first-order valence-electron chi connectivity index (χ1n) is 3.99. The van der Waals surface area contributed by atoms with Crippen LogP contribution in [0.15, 0.2) is 0 Å². The lowest BCUT2D eigenvalue weighted by atomic mass is 10.2. The number of halogens is 1. The molecule has 1 aromatic heterocycles. The molecule has 0 spiro atoms. The maximum atomic E-state index is 11.3. The molecule has 2 N–H and O–H groups in total. The van der Waals surface area contributed by atoms with Crippen molar-refractivity contribution >= 4 is 27.3 Å². The quantitative estimate of drug-likeness (QED) is 0.647. The molecule has 1 aromatic rings. The Morgan fingerprint density at radius 1 is 1.36 bits per heavy atom. The molecule has 1 aliphatic heterocycles. The van der Waals surface area contributed by atoms with E-state index in [1.54, 1.807) is 0 Å². The van der Waals surface area contributed by atoms with Crippen molar-refractivity contribution in [2.75, 3.05) is 11.5 Å². The van der Waals surface area contributed by atoms with Gasteiger partial charge in [0.15, 0.2) is 9.84 Å². The summed E-state index contributed by atoms with van der Waals surface area (Å²) >= 11 is 5.60. The highest BCUT2D eigenvalue weighted by atomic mass is 35.5. The molecule has 0 saturated carbocycles. The minimum atomic E-state index is -3.03. The summed E-state index contributed by atoms with van der Waals surface area (Å²) in [6.45, 7) is 0. The van der Waals surface area contributed by atoms with Crippen LogP contribution in [0.1, 0.15) is 11.3 Å². The van der Waals surface area contributed by atoms with Crippen molar-refractivity contribution in [1.82, 2.24) is 9.97 Å². The second-order valence-electron chi connectivity index (χ2n) is 3.15. The van der Waals surface area contributed by atoms with Gasteiger partial charge in [0.1, 0.15) is 5.82 Å². The molecule has 0 amide bonds. The highest BCUT2D eigenvalue weighted by molar-refractivity contribution is 7.90. The van der Waals surface area contributed by atoms with Crippen LogP contribution in [0.4, 0.5) is 5.82 Å². The van der Waals surface area contributed by atoms with Crippen LogP contribution in [0, 0.1) is 0 Å². The van der Waals surface area contributed by atoms with Gasteiger partial charge in [0.25, 0.3) is 0 Å². The number of rotatable bonds is 0. The third kappa shape index (κ3) is 1.67. The standard InChI is InChI=1S/C7H8ClN3O2S/c8-7-10-5-1-2-14(12,13)3-4(5)6(9)11-7/h1-3H2,(H2,9,10,11). The molecule has 0 saturated heterocycles. The zero-order chi connectivity index (χ0) is 10.3. The number of nitrogens with zero attached hydrogens (tertiary/aromatic N) is 2. The zero-order valence-electron chi connectivity index (χ0n) is 7.20. The van der Waals surface area contributed by atoms with Crippen molar-refractivity contribution in [2.24, 2.45) is 0 Å². The van der Waals surface area contributed by atoms with Crippen LogP contribution in [0.25, 0.3) is 0 Å². The average molecular weight is 234 g/mol. The smallest absolute Gasteiger partial charge is 0.224 e. The lowest BCUT2D eigenvalue weighted by Crippen LogP contribution is -2.22. The molecule has 2 heterocycles. The predicted octanol–water partition coefficient (Wildman–Crippen LogP) is 0.183. The molecule has 14 heavy (non-hydrogen) atoms. The molecule has 1 aliphatic rings. The molecule has 0 unspecified atom stereocenters. The van der Waals surface area contributed by atoms with Gasteiger partial charge in [-0.2, -0.15) is 0 Å². The molecule has 0 aromatic carbocycles. The summed E-state index contributed by atoms with van der Waals surface area (Å²) in [4.78, 5) is 7.67. The third-order valence-electron chi connectivity index (χ3n) is 2.11. The summed E-state index contributed by atoms with van der Waals surface area (Å²) in [5.41, 5.74) is 6.71. The minimum absolute atomic E-state index is 0.0700. The summed E-state index contributed by atoms with van der Waals surface area (Å²) < 4.78 is 22.6. The largest absolute Gasteiger partial charge is 0.383 e. The lowest BCUT2D eigenvalue weighted by Gasteiger charge is -2.16. The normalized spacial score (nSPS) is 18.9. The fourth-order valence-corrected chi connectivity index (χ4v) is 3.02. The third-order valence-corrected chi connectivity index (χ3v) is 3.84. The minimum Gasteiger partial charge on any atom is -0.383 e. The molecule has 76 valence electrons. The molecule has 0 radical (unpaired) electrons. The van der Waals surface area contributed by atoms with Crippen LogP contribution in [0.3, 0.4) is 0 Å². The number of anilines is 1. The van der Waals surface area contributed by atoms with Crippen LogP contribution in [0.2, 0.25) is 5.28 Å². The van der Waals surface area contributed by atoms with Gasteiger partial charge in [0, 0.05) is 12.0 Å². The molecule has 7 heteroatoms. The van der Waals surface area contributed by atoms with Crippen LogP contribution >= 0.6 is 11.6 Å². The van der Waals surface area contributed by atoms with Crippen LogP contribution in [-0.2, 0) is 22.0 Å². The van der Waals surface area contributed by atoms with E-state index in [2.05, 4.69) is 9.97 Å².